The molecule has 0 atom stereocenters. The van der Waals surface area contributed by atoms with Crippen molar-refractivity contribution in [3.05, 3.63) is 30.3 Å². The Morgan fingerprint density at radius 1 is 1.20 bits per heavy atom. The Bertz CT molecular complexity index is 229. The van der Waals surface area contributed by atoms with Gasteiger partial charge >= 0.3 is 0 Å². The van der Waals surface area contributed by atoms with Gasteiger partial charge in [0.1, 0.15) is 0 Å². The molecule has 1 aromatic carbocycles. The second-order valence-electron chi connectivity index (χ2n) is 1.54. The van der Waals surface area contributed by atoms with Crippen LogP contribution in [-0.4, -0.2) is 5.66 Å². The third-order valence-electron chi connectivity index (χ3n) is 0.931. The maximum absolute atomic E-state index is 9.84. The number of hydrogen-bond acceptors (Lipinski definition) is 1. The fourth-order valence-corrected chi connectivity index (χ4v) is 0.982. The molecule has 1 radical (unpaired) electrons. The monoisotopic (exact) mass is 239 g/mol. The van der Waals surface area contributed by atoms with Gasteiger partial charge in [-0.1, -0.05) is 18.2 Å². The molecule has 53 valence electrons. The predicted octanol–water partition coefficient (Wildman–Crippen LogP) is 1.32. The van der Waals surface area contributed by atoms with Crippen molar-refractivity contribution in [2.75, 3.05) is 0 Å². The molecule has 0 aromatic heterocycles. The van der Waals surface area contributed by atoms with Crippen LogP contribution in [0.2, 0.25) is 0 Å². The van der Waals surface area contributed by atoms with Gasteiger partial charge in [-0.05, 0) is 12.1 Å². The molecule has 0 heterocycles. The molecule has 0 aliphatic rings. The second-order valence-corrected chi connectivity index (χ2v) is 2.46. The Kier molecular flexibility index (Phi) is 5.35. The van der Waals surface area contributed by atoms with Crippen LogP contribution in [-0.2, 0) is 24.3 Å². The van der Waals surface area contributed by atoms with Crippen molar-refractivity contribution in [1.82, 2.24) is 0 Å². The van der Waals surface area contributed by atoms with E-state index >= 15 is 0 Å². The third kappa shape index (κ3) is 3.04. The van der Waals surface area contributed by atoms with Crippen LogP contribution in [0.1, 0.15) is 0 Å². The summed E-state index contributed by atoms with van der Waals surface area (Å²) < 4.78 is 0. The normalized spacial score (nSPS) is 8.00. The van der Waals surface area contributed by atoms with Gasteiger partial charge in [-0.25, -0.2) is 4.79 Å². The molecule has 1 aromatic rings. The number of carbonyl (C=O) groups excluding carboxylic acids is 1. The standard InChI is InChI=1S/C7H5OP.Rh/c8-6-9-7-4-2-1-3-5-7;/h1-5H;. The van der Waals surface area contributed by atoms with Crippen LogP contribution in [0.15, 0.2) is 30.3 Å². The Balaban J connectivity index is 0.000000810. The van der Waals surface area contributed by atoms with E-state index in [1.165, 1.54) is 0 Å². The summed E-state index contributed by atoms with van der Waals surface area (Å²) in [4.78, 5) is 9.84. The molecule has 10 heavy (non-hydrogen) atoms. The summed E-state index contributed by atoms with van der Waals surface area (Å²) in [7, 11) is 0.626. The summed E-state index contributed by atoms with van der Waals surface area (Å²) >= 11 is 0. The van der Waals surface area contributed by atoms with Crippen molar-refractivity contribution < 1.29 is 24.3 Å². The number of benzene rings is 1. The molecule has 0 spiro atoms. The molecule has 0 amide bonds. The molecule has 0 saturated heterocycles. The molecule has 1 rings (SSSR count). The Hall–Kier alpha value is -0.277. The minimum Gasteiger partial charge on any atom is -0.228 e. The summed E-state index contributed by atoms with van der Waals surface area (Å²) in [6, 6.07) is 9.52. The third-order valence-corrected chi connectivity index (χ3v) is 1.58. The van der Waals surface area contributed by atoms with E-state index in [4.69, 9.17) is 0 Å². The Labute approximate surface area is 74.0 Å². The van der Waals surface area contributed by atoms with Crippen molar-refractivity contribution in [3.63, 3.8) is 0 Å². The summed E-state index contributed by atoms with van der Waals surface area (Å²) in [5, 5.41) is 0.993. The Morgan fingerprint density at radius 3 is 2.30 bits per heavy atom. The molecular formula is C7H5OPRh. The van der Waals surface area contributed by atoms with E-state index in [0.717, 1.165) is 5.30 Å². The van der Waals surface area contributed by atoms with E-state index in [0.29, 0.717) is 8.20 Å². The molecule has 0 bridgehead atoms. The molecule has 3 heteroatoms. The number of rotatable bonds is 1. The van der Waals surface area contributed by atoms with Gasteiger partial charge in [0, 0.05) is 33.0 Å². The van der Waals surface area contributed by atoms with Crippen LogP contribution in [0.4, 0.5) is 0 Å². The zero-order chi connectivity index (χ0) is 6.53. The van der Waals surface area contributed by atoms with Gasteiger partial charge in [0.05, 0.1) is 0 Å². The SMILES string of the molecule is O=C=Pc1ccccc1.[Rh]. The zero-order valence-electron chi connectivity index (χ0n) is 5.08. The molecule has 0 fully saturated rings. The smallest absolute Gasteiger partial charge is 0.155 e. The minimum atomic E-state index is 0. The van der Waals surface area contributed by atoms with E-state index in [1.54, 1.807) is 5.66 Å². The van der Waals surface area contributed by atoms with E-state index in [-0.39, 0.29) is 19.5 Å². The van der Waals surface area contributed by atoms with Gasteiger partial charge in [-0.15, -0.1) is 0 Å². The summed E-state index contributed by atoms with van der Waals surface area (Å²) in [6.45, 7) is 0. The van der Waals surface area contributed by atoms with E-state index < -0.39 is 0 Å². The first-order valence-electron chi connectivity index (χ1n) is 2.56. The van der Waals surface area contributed by atoms with Crippen LogP contribution in [0.25, 0.3) is 0 Å². The van der Waals surface area contributed by atoms with Gasteiger partial charge in [0.2, 0.25) is 0 Å². The van der Waals surface area contributed by atoms with Gasteiger partial charge in [0.25, 0.3) is 0 Å². The topological polar surface area (TPSA) is 17.1 Å². The molecular weight excluding hydrogens is 234 g/mol. The van der Waals surface area contributed by atoms with Crippen molar-refractivity contribution in [2.24, 2.45) is 0 Å². The zero-order valence-corrected chi connectivity index (χ0v) is 7.61. The average Bonchev–Trinajstić information content (AvgIpc) is 1.91. The average molecular weight is 239 g/mol. The quantitative estimate of drug-likeness (QED) is 0.533. The largest absolute Gasteiger partial charge is 0.228 e. The van der Waals surface area contributed by atoms with E-state index in [2.05, 4.69) is 0 Å². The van der Waals surface area contributed by atoms with E-state index in [1.807, 2.05) is 30.3 Å². The minimum absolute atomic E-state index is 0. The van der Waals surface area contributed by atoms with Crippen LogP contribution >= 0.6 is 8.20 Å². The van der Waals surface area contributed by atoms with Crippen LogP contribution in [0.3, 0.4) is 0 Å². The van der Waals surface area contributed by atoms with Crippen molar-refractivity contribution in [1.29, 1.82) is 0 Å². The summed E-state index contributed by atoms with van der Waals surface area (Å²) in [5.74, 6) is 0. The van der Waals surface area contributed by atoms with Gasteiger partial charge in [-0.3, -0.25) is 0 Å². The van der Waals surface area contributed by atoms with Crippen LogP contribution in [0.5, 0.6) is 0 Å². The summed E-state index contributed by atoms with van der Waals surface area (Å²) in [5.41, 5.74) is 1.81. The van der Waals surface area contributed by atoms with Crippen LogP contribution in [0, 0.1) is 0 Å². The first kappa shape index (κ1) is 9.72. The number of hydrogen-bond donors (Lipinski definition) is 0. The van der Waals surface area contributed by atoms with E-state index in [9.17, 15) is 4.79 Å². The molecule has 0 N–H and O–H groups in total. The van der Waals surface area contributed by atoms with Gasteiger partial charge in [0.15, 0.2) is 5.66 Å². The molecule has 0 unspecified atom stereocenters. The summed E-state index contributed by atoms with van der Waals surface area (Å²) in [6.07, 6.45) is 0. The van der Waals surface area contributed by atoms with Gasteiger partial charge < -0.3 is 0 Å². The fourth-order valence-electron chi connectivity index (χ4n) is 0.555. The first-order chi connectivity index (χ1) is 4.43. The van der Waals surface area contributed by atoms with Crippen molar-refractivity contribution >= 4 is 19.2 Å². The molecule has 0 aliphatic carbocycles. The van der Waals surface area contributed by atoms with Crippen molar-refractivity contribution in [2.45, 2.75) is 0 Å². The molecule has 0 saturated carbocycles. The first-order valence-corrected chi connectivity index (χ1v) is 3.46. The molecule has 0 aliphatic heterocycles. The van der Waals surface area contributed by atoms with Gasteiger partial charge in [-0.2, -0.15) is 0 Å². The Morgan fingerprint density at radius 2 is 1.80 bits per heavy atom. The molecule has 1 nitrogen and oxygen atoms in total. The second kappa shape index (κ2) is 5.50. The maximum atomic E-state index is 9.84. The van der Waals surface area contributed by atoms with Crippen molar-refractivity contribution in [3.8, 4) is 0 Å². The predicted molar refractivity (Wildman–Crippen MR) is 38.7 cm³/mol. The maximum Gasteiger partial charge on any atom is 0.155 e. The van der Waals surface area contributed by atoms with Crippen LogP contribution < -0.4 is 5.30 Å². The fraction of sp³-hybridized carbons (Fsp3) is 0.